The number of hydrogen-bond donors (Lipinski definition) is 1. The predicted molar refractivity (Wildman–Crippen MR) is 86.7 cm³/mol. The van der Waals surface area contributed by atoms with Gasteiger partial charge in [-0.3, -0.25) is 4.68 Å². The lowest BCUT2D eigenvalue weighted by molar-refractivity contribution is 0.473. The third-order valence-electron chi connectivity index (χ3n) is 3.46. The zero-order chi connectivity index (χ0) is 15.2. The highest BCUT2D eigenvalue weighted by atomic mass is 79.9. The number of hydrogen-bond acceptors (Lipinski definition) is 2. The molecule has 0 aliphatic rings. The van der Waals surface area contributed by atoms with Crippen LogP contribution in [0.3, 0.4) is 0 Å². The highest BCUT2D eigenvalue weighted by molar-refractivity contribution is 9.10. The Morgan fingerprint density at radius 2 is 2.24 bits per heavy atom. The first-order chi connectivity index (χ1) is 10.1. The molecular formula is C16H21BrFN3. The smallest absolute Gasteiger partial charge is 0.129 e. The number of nitrogens with zero attached hydrogens (tertiary/aromatic N) is 2. The average Bonchev–Trinajstić information content (AvgIpc) is 2.86. The number of aryl methyl sites for hydroxylation is 2. The van der Waals surface area contributed by atoms with Crippen LogP contribution in [-0.4, -0.2) is 16.3 Å². The second-order valence-corrected chi connectivity index (χ2v) is 6.15. The molecule has 2 aromatic rings. The van der Waals surface area contributed by atoms with E-state index >= 15 is 0 Å². The van der Waals surface area contributed by atoms with Crippen molar-refractivity contribution in [1.82, 2.24) is 15.1 Å². The molecule has 1 heterocycles. The molecule has 1 unspecified atom stereocenters. The van der Waals surface area contributed by atoms with Crippen LogP contribution in [0.4, 0.5) is 4.39 Å². The van der Waals surface area contributed by atoms with Gasteiger partial charge in [0.15, 0.2) is 0 Å². The summed E-state index contributed by atoms with van der Waals surface area (Å²) in [7, 11) is 1.91. The fraction of sp³-hybridized carbons (Fsp3) is 0.438. The van der Waals surface area contributed by atoms with Crippen molar-refractivity contribution in [1.29, 1.82) is 0 Å². The van der Waals surface area contributed by atoms with E-state index in [-0.39, 0.29) is 11.9 Å². The van der Waals surface area contributed by atoms with Crippen LogP contribution >= 0.6 is 15.9 Å². The number of rotatable bonds is 7. The summed E-state index contributed by atoms with van der Waals surface area (Å²) in [6, 6.07) is 5.30. The van der Waals surface area contributed by atoms with Gasteiger partial charge in [0, 0.05) is 29.3 Å². The molecule has 0 bridgehead atoms. The van der Waals surface area contributed by atoms with Crippen LogP contribution in [0, 0.1) is 5.82 Å². The highest BCUT2D eigenvalue weighted by Crippen LogP contribution is 2.24. The molecule has 21 heavy (non-hydrogen) atoms. The van der Waals surface area contributed by atoms with Crippen molar-refractivity contribution in [3.05, 3.63) is 52.0 Å². The summed E-state index contributed by atoms with van der Waals surface area (Å²) in [5.41, 5.74) is 1.91. The minimum atomic E-state index is -0.163. The van der Waals surface area contributed by atoms with Gasteiger partial charge in [0.05, 0.1) is 6.20 Å². The maximum atomic E-state index is 14.2. The Morgan fingerprint density at radius 1 is 1.43 bits per heavy atom. The molecule has 1 aromatic carbocycles. The van der Waals surface area contributed by atoms with E-state index in [4.69, 9.17) is 0 Å². The van der Waals surface area contributed by atoms with Crippen molar-refractivity contribution in [2.24, 2.45) is 7.05 Å². The lowest BCUT2D eigenvalue weighted by Gasteiger charge is -2.19. The van der Waals surface area contributed by atoms with E-state index in [9.17, 15) is 4.39 Å². The minimum absolute atomic E-state index is 0.0262. The Hall–Kier alpha value is -1.20. The summed E-state index contributed by atoms with van der Waals surface area (Å²) in [6.07, 6.45) is 6.64. The third kappa shape index (κ3) is 4.64. The van der Waals surface area contributed by atoms with Crippen molar-refractivity contribution < 1.29 is 4.39 Å². The van der Waals surface area contributed by atoms with Crippen molar-refractivity contribution in [3.8, 4) is 0 Å². The number of nitrogens with one attached hydrogen (secondary N) is 1. The van der Waals surface area contributed by atoms with E-state index in [1.54, 1.807) is 4.68 Å². The Kier molecular flexibility index (Phi) is 5.94. The molecule has 2 rings (SSSR count). The molecule has 0 aliphatic heterocycles. The van der Waals surface area contributed by atoms with Crippen LogP contribution in [0.2, 0.25) is 0 Å². The number of halogens is 2. The lowest BCUT2D eigenvalue weighted by atomic mass is 9.99. The van der Waals surface area contributed by atoms with Crippen molar-refractivity contribution in [2.75, 3.05) is 6.54 Å². The van der Waals surface area contributed by atoms with Crippen LogP contribution in [-0.2, 0) is 13.5 Å². The predicted octanol–water partition coefficient (Wildman–Crippen LogP) is 4.00. The van der Waals surface area contributed by atoms with Gasteiger partial charge in [0.2, 0.25) is 0 Å². The third-order valence-corrected chi connectivity index (χ3v) is 3.95. The van der Waals surface area contributed by atoms with Gasteiger partial charge in [0.25, 0.3) is 0 Å². The van der Waals surface area contributed by atoms with Crippen molar-refractivity contribution in [2.45, 2.75) is 32.2 Å². The first-order valence-corrected chi connectivity index (χ1v) is 8.05. The van der Waals surface area contributed by atoms with Gasteiger partial charge in [-0.05, 0) is 43.5 Å². The molecule has 0 aliphatic carbocycles. The molecule has 5 heteroatoms. The summed E-state index contributed by atoms with van der Waals surface area (Å²) in [5, 5.41) is 7.62. The quantitative estimate of drug-likeness (QED) is 0.815. The molecule has 0 spiro atoms. The standard InChI is InChI=1S/C16H21BrFN3/c1-3-8-19-16(7-4-12-10-20-21(2)11-12)14-6-5-13(17)9-15(14)18/h5-6,9-11,16,19H,3-4,7-8H2,1-2H3. The van der Waals surface area contributed by atoms with E-state index in [0.29, 0.717) is 0 Å². The Balaban J connectivity index is 2.09. The minimum Gasteiger partial charge on any atom is -0.310 e. The molecule has 0 radical (unpaired) electrons. The SMILES string of the molecule is CCCNC(CCc1cnn(C)c1)c1ccc(Br)cc1F. The van der Waals surface area contributed by atoms with Crippen molar-refractivity contribution >= 4 is 15.9 Å². The molecule has 1 aromatic heterocycles. The van der Waals surface area contributed by atoms with Gasteiger partial charge >= 0.3 is 0 Å². The summed E-state index contributed by atoms with van der Waals surface area (Å²) in [5.74, 6) is -0.163. The fourth-order valence-electron chi connectivity index (χ4n) is 2.38. The lowest BCUT2D eigenvalue weighted by Crippen LogP contribution is -2.23. The molecule has 114 valence electrons. The van der Waals surface area contributed by atoms with Crippen LogP contribution < -0.4 is 5.32 Å². The molecule has 3 nitrogen and oxygen atoms in total. The van der Waals surface area contributed by atoms with Crippen LogP contribution in [0.25, 0.3) is 0 Å². The normalized spacial score (nSPS) is 12.6. The summed E-state index contributed by atoms with van der Waals surface area (Å²) in [6.45, 7) is 3.00. The zero-order valence-corrected chi connectivity index (χ0v) is 14.0. The first-order valence-electron chi connectivity index (χ1n) is 7.26. The molecule has 1 N–H and O–H groups in total. The molecule has 0 amide bonds. The van der Waals surface area contributed by atoms with E-state index in [1.165, 1.54) is 11.6 Å². The second-order valence-electron chi connectivity index (χ2n) is 5.23. The van der Waals surface area contributed by atoms with E-state index in [2.05, 4.69) is 33.3 Å². The molecule has 0 fully saturated rings. The Labute approximate surface area is 133 Å². The molecular weight excluding hydrogens is 333 g/mol. The zero-order valence-electron chi connectivity index (χ0n) is 12.4. The monoisotopic (exact) mass is 353 g/mol. The van der Waals surface area contributed by atoms with Crippen LogP contribution in [0.5, 0.6) is 0 Å². The maximum absolute atomic E-state index is 14.2. The maximum Gasteiger partial charge on any atom is 0.129 e. The summed E-state index contributed by atoms with van der Waals surface area (Å²) >= 11 is 3.31. The van der Waals surface area contributed by atoms with Crippen molar-refractivity contribution in [3.63, 3.8) is 0 Å². The van der Waals surface area contributed by atoms with Gasteiger partial charge in [-0.25, -0.2) is 4.39 Å². The van der Waals surface area contributed by atoms with Gasteiger partial charge in [-0.15, -0.1) is 0 Å². The molecule has 1 atom stereocenters. The largest absolute Gasteiger partial charge is 0.310 e. The van der Waals surface area contributed by atoms with Crippen LogP contribution in [0.15, 0.2) is 35.1 Å². The summed E-state index contributed by atoms with van der Waals surface area (Å²) in [4.78, 5) is 0. The van der Waals surface area contributed by atoms with E-state index in [0.717, 1.165) is 35.8 Å². The number of aromatic nitrogens is 2. The Bertz CT molecular complexity index is 583. The second kappa shape index (κ2) is 7.71. The molecule has 0 saturated carbocycles. The van der Waals surface area contributed by atoms with Gasteiger partial charge in [-0.2, -0.15) is 5.10 Å². The number of benzene rings is 1. The van der Waals surface area contributed by atoms with Gasteiger partial charge in [-0.1, -0.05) is 28.9 Å². The highest BCUT2D eigenvalue weighted by Gasteiger charge is 2.15. The average molecular weight is 354 g/mol. The Morgan fingerprint density at radius 3 is 2.86 bits per heavy atom. The fourth-order valence-corrected chi connectivity index (χ4v) is 2.72. The van der Waals surface area contributed by atoms with Gasteiger partial charge < -0.3 is 5.32 Å². The topological polar surface area (TPSA) is 29.9 Å². The van der Waals surface area contributed by atoms with Gasteiger partial charge in [0.1, 0.15) is 5.82 Å². The van der Waals surface area contributed by atoms with E-state index in [1.807, 2.05) is 31.6 Å². The van der Waals surface area contributed by atoms with Crippen LogP contribution in [0.1, 0.15) is 36.9 Å². The van der Waals surface area contributed by atoms with E-state index < -0.39 is 0 Å². The molecule has 0 saturated heterocycles. The first kappa shape index (κ1) is 16.2. The summed E-state index contributed by atoms with van der Waals surface area (Å²) < 4.78 is 16.7.